The molecule has 0 saturated carbocycles. The minimum atomic E-state index is -0.599. The van der Waals surface area contributed by atoms with Crippen LogP contribution in [-0.4, -0.2) is 68.7 Å². The number of imidazole rings is 1. The standard InChI is InChI=1S/C22H31N5O2/c1-16(2)26-9-10-27-14-20(24-21(27)15-26)22(29)23-11-19(28)13-25-8-7-17-5-3-4-6-18(17)12-25/h3-6,14,16,19,28H,7-13,15H2,1-2H3,(H,23,29). The summed E-state index contributed by atoms with van der Waals surface area (Å²) in [5.74, 6) is 0.716. The zero-order chi connectivity index (χ0) is 20.4. The molecule has 0 bridgehead atoms. The molecule has 0 radical (unpaired) electrons. The summed E-state index contributed by atoms with van der Waals surface area (Å²) in [6.07, 6.45) is 2.23. The van der Waals surface area contributed by atoms with Crippen molar-refractivity contribution in [1.29, 1.82) is 0 Å². The smallest absolute Gasteiger partial charge is 0.271 e. The van der Waals surface area contributed by atoms with E-state index >= 15 is 0 Å². The topological polar surface area (TPSA) is 73.6 Å². The van der Waals surface area contributed by atoms with Gasteiger partial charge in [0.05, 0.1) is 12.6 Å². The van der Waals surface area contributed by atoms with E-state index in [9.17, 15) is 9.90 Å². The zero-order valence-corrected chi connectivity index (χ0v) is 17.3. The molecule has 2 aliphatic heterocycles. The fraction of sp³-hybridized carbons (Fsp3) is 0.545. The average Bonchev–Trinajstić information content (AvgIpc) is 3.15. The molecule has 1 aromatic heterocycles. The van der Waals surface area contributed by atoms with Crippen molar-refractivity contribution < 1.29 is 9.90 Å². The summed E-state index contributed by atoms with van der Waals surface area (Å²) in [6.45, 7) is 9.51. The largest absolute Gasteiger partial charge is 0.390 e. The number of aliphatic hydroxyl groups is 1. The normalized spacial score (nSPS) is 18.3. The minimum absolute atomic E-state index is 0.217. The number of fused-ring (bicyclic) bond motifs is 2. The lowest BCUT2D eigenvalue weighted by molar-refractivity contribution is 0.0838. The van der Waals surface area contributed by atoms with Crippen LogP contribution in [0.3, 0.4) is 0 Å². The van der Waals surface area contributed by atoms with E-state index in [0.29, 0.717) is 18.3 Å². The van der Waals surface area contributed by atoms with Gasteiger partial charge in [-0.15, -0.1) is 0 Å². The molecule has 0 fully saturated rings. The van der Waals surface area contributed by atoms with Crippen LogP contribution < -0.4 is 5.32 Å². The summed E-state index contributed by atoms with van der Waals surface area (Å²) in [6, 6.07) is 8.93. The van der Waals surface area contributed by atoms with E-state index in [2.05, 4.69) is 62.8 Å². The Morgan fingerprint density at radius 3 is 2.76 bits per heavy atom. The highest BCUT2D eigenvalue weighted by molar-refractivity contribution is 5.92. The van der Waals surface area contributed by atoms with E-state index in [1.807, 2.05) is 6.20 Å². The second kappa shape index (κ2) is 8.65. The lowest BCUT2D eigenvalue weighted by Gasteiger charge is -2.30. The van der Waals surface area contributed by atoms with Gasteiger partial charge >= 0.3 is 0 Å². The van der Waals surface area contributed by atoms with Crippen LogP contribution in [-0.2, 0) is 26.1 Å². The Labute approximate surface area is 172 Å². The third-order valence-electron chi connectivity index (χ3n) is 5.97. The van der Waals surface area contributed by atoms with E-state index in [1.54, 1.807) is 0 Å². The third kappa shape index (κ3) is 4.69. The van der Waals surface area contributed by atoms with E-state index in [0.717, 1.165) is 45.0 Å². The van der Waals surface area contributed by atoms with E-state index in [1.165, 1.54) is 11.1 Å². The van der Waals surface area contributed by atoms with Gasteiger partial charge in [0, 0.05) is 51.5 Å². The molecule has 3 heterocycles. The number of nitrogens with one attached hydrogen (secondary N) is 1. The Kier molecular flexibility index (Phi) is 5.99. The van der Waals surface area contributed by atoms with Gasteiger partial charge < -0.3 is 15.0 Å². The van der Waals surface area contributed by atoms with Gasteiger partial charge in [-0.25, -0.2) is 4.98 Å². The number of nitrogens with zero attached hydrogens (tertiary/aromatic N) is 4. The highest BCUT2D eigenvalue weighted by Crippen LogP contribution is 2.18. The Balaban J connectivity index is 1.27. The average molecular weight is 398 g/mol. The van der Waals surface area contributed by atoms with E-state index < -0.39 is 6.10 Å². The first-order valence-corrected chi connectivity index (χ1v) is 10.5. The minimum Gasteiger partial charge on any atom is -0.390 e. The van der Waals surface area contributed by atoms with Crippen LogP contribution in [0.5, 0.6) is 0 Å². The number of aliphatic hydroxyl groups excluding tert-OH is 1. The summed E-state index contributed by atoms with van der Waals surface area (Å²) in [5.41, 5.74) is 3.16. The molecule has 2 aliphatic rings. The molecule has 7 heteroatoms. The third-order valence-corrected chi connectivity index (χ3v) is 5.97. The van der Waals surface area contributed by atoms with Gasteiger partial charge in [0.25, 0.3) is 5.91 Å². The number of amides is 1. The van der Waals surface area contributed by atoms with Crippen LogP contribution in [0.2, 0.25) is 0 Å². The molecule has 29 heavy (non-hydrogen) atoms. The summed E-state index contributed by atoms with van der Waals surface area (Å²) in [4.78, 5) is 21.6. The van der Waals surface area contributed by atoms with E-state index in [4.69, 9.17) is 0 Å². The highest BCUT2D eigenvalue weighted by atomic mass is 16.3. The van der Waals surface area contributed by atoms with Gasteiger partial charge in [-0.3, -0.25) is 14.6 Å². The van der Waals surface area contributed by atoms with Crippen LogP contribution in [0.15, 0.2) is 30.5 Å². The van der Waals surface area contributed by atoms with Crippen molar-refractivity contribution in [2.75, 3.05) is 26.2 Å². The Bertz CT molecular complexity index is 863. The van der Waals surface area contributed by atoms with Crippen molar-refractivity contribution >= 4 is 5.91 Å². The number of rotatable bonds is 6. The van der Waals surface area contributed by atoms with Crippen LogP contribution in [0.25, 0.3) is 0 Å². The number of carbonyl (C=O) groups is 1. The predicted molar refractivity (Wildman–Crippen MR) is 112 cm³/mol. The van der Waals surface area contributed by atoms with Gasteiger partial charge in [0.2, 0.25) is 0 Å². The molecule has 0 spiro atoms. The Morgan fingerprint density at radius 2 is 1.97 bits per heavy atom. The maximum absolute atomic E-state index is 12.5. The lowest BCUT2D eigenvalue weighted by Crippen LogP contribution is -2.42. The van der Waals surface area contributed by atoms with Crippen LogP contribution in [0, 0.1) is 0 Å². The molecule has 1 atom stereocenters. The number of hydrogen-bond donors (Lipinski definition) is 2. The summed E-state index contributed by atoms with van der Waals surface area (Å²) >= 11 is 0. The molecule has 1 aromatic carbocycles. The van der Waals surface area contributed by atoms with Crippen molar-refractivity contribution in [2.24, 2.45) is 0 Å². The Morgan fingerprint density at radius 1 is 1.17 bits per heavy atom. The molecule has 1 amide bonds. The first-order valence-electron chi connectivity index (χ1n) is 10.5. The fourth-order valence-corrected chi connectivity index (χ4v) is 4.19. The molecule has 156 valence electrons. The summed E-state index contributed by atoms with van der Waals surface area (Å²) in [7, 11) is 0. The van der Waals surface area contributed by atoms with Crippen molar-refractivity contribution in [3.63, 3.8) is 0 Å². The number of aromatic nitrogens is 2. The monoisotopic (exact) mass is 397 g/mol. The van der Waals surface area contributed by atoms with Gasteiger partial charge in [0.1, 0.15) is 11.5 Å². The summed E-state index contributed by atoms with van der Waals surface area (Å²) < 4.78 is 2.06. The molecule has 7 nitrogen and oxygen atoms in total. The van der Waals surface area contributed by atoms with E-state index in [-0.39, 0.29) is 12.5 Å². The van der Waals surface area contributed by atoms with Crippen LogP contribution in [0.4, 0.5) is 0 Å². The molecule has 0 aliphatic carbocycles. The molecule has 4 rings (SSSR count). The maximum Gasteiger partial charge on any atom is 0.271 e. The van der Waals surface area contributed by atoms with Gasteiger partial charge in [-0.2, -0.15) is 0 Å². The second-order valence-electron chi connectivity index (χ2n) is 8.42. The van der Waals surface area contributed by atoms with Crippen LogP contribution >= 0.6 is 0 Å². The highest BCUT2D eigenvalue weighted by Gasteiger charge is 2.23. The molecular weight excluding hydrogens is 366 g/mol. The lowest BCUT2D eigenvalue weighted by atomic mass is 10.00. The van der Waals surface area contributed by atoms with Crippen molar-refractivity contribution in [3.8, 4) is 0 Å². The maximum atomic E-state index is 12.5. The molecule has 2 N–H and O–H groups in total. The SMILES string of the molecule is CC(C)N1CCn2cc(C(=O)NCC(O)CN3CCc4ccccc4C3)nc2C1. The van der Waals surface area contributed by atoms with Crippen LogP contribution in [0.1, 0.15) is 41.3 Å². The first-order chi connectivity index (χ1) is 14.0. The number of hydrogen-bond acceptors (Lipinski definition) is 5. The van der Waals surface area contributed by atoms with Crippen molar-refractivity contribution in [3.05, 3.63) is 53.1 Å². The van der Waals surface area contributed by atoms with Gasteiger partial charge in [-0.05, 0) is 31.4 Å². The fourth-order valence-electron chi connectivity index (χ4n) is 4.19. The molecular formula is C22H31N5O2. The van der Waals surface area contributed by atoms with Crippen molar-refractivity contribution in [1.82, 2.24) is 24.7 Å². The number of carbonyl (C=O) groups excluding carboxylic acids is 1. The number of β-amino-alcohol motifs (C(OH)–C–C–N with tert-alkyl or cyclic N) is 1. The molecule has 2 aromatic rings. The molecule has 0 saturated heterocycles. The quantitative estimate of drug-likeness (QED) is 0.768. The van der Waals surface area contributed by atoms with Crippen molar-refractivity contribution in [2.45, 2.75) is 52.0 Å². The van der Waals surface area contributed by atoms with Gasteiger partial charge in [0.15, 0.2) is 0 Å². The first kappa shape index (κ1) is 20.1. The Hall–Kier alpha value is -2.22. The number of benzene rings is 1. The zero-order valence-electron chi connectivity index (χ0n) is 17.3. The predicted octanol–water partition coefficient (Wildman–Crippen LogP) is 1.26. The molecule has 1 unspecified atom stereocenters. The second-order valence-corrected chi connectivity index (χ2v) is 8.42. The van der Waals surface area contributed by atoms with Gasteiger partial charge in [-0.1, -0.05) is 24.3 Å². The summed E-state index contributed by atoms with van der Waals surface area (Å²) in [5, 5.41) is 13.3.